The Morgan fingerprint density at radius 2 is 1.69 bits per heavy atom. The zero-order chi connectivity index (χ0) is 24.0. The number of hydrogen-bond acceptors (Lipinski definition) is 7. The molecule has 1 aromatic heterocycles. The molecular weight excluding hydrogens is 440 g/mol. The molecule has 2 aromatic carbocycles. The van der Waals surface area contributed by atoms with Crippen molar-refractivity contribution in [1.82, 2.24) is 30.0 Å². The van der Waals surface area contributed by atoms with Gasteiger partial charge in [-0.2, -0.15) is 0 Å². The van der Waals surface area contributed by atoms with Crippen molar-refractivity contribution < 1.29 is 9.47 Å². The maximum atomic E-state index is 5.82. The van der Waals surface area contributed by atoms with Crippen molar-refractivity contribution in [1.29, 1.82) is 0 Å². The predicted molar refractivity (Wildman–Crippen MR) is 135 cm³/mol. The Bertz CT molecular complexity index is 1070. The third-order valence-electron chi connectivity index (χ3n) is 7.52. The van der Waals surface area contributed by atoms with Crippen molar-refractivity contribution in [2.45, 2.75) is 50.7 Å². The predicted octanol–water partition coefficient (Wildman–Crippen LogP) is 3.78. The van der Waals surface area contributed by atoms with Crippen LogP contribution < -0.4 is 9.47 Å². The fourth-order valence-electron chi connectivity index (χ4n) is 5.64. The van der Waals surface area contributed by atoms with Gasteiger partial charge in [-0.05, 0) is 47.0 Å². The molecule has 5 rings (SSSR count). The number of piperazine rings is 1. The lowest BCUT2D eigenvalue weighted by Crippen LogP contribution is -2.52. The lowest BCUT2D eigenvalue weighted by molar-refractivity contribution is 0.0615. The fraction of sp³-hybridized carbons (Fsp3) is 0.519. The highest BCUT2D eigenvalue weighted by Crippen LogP contribution is 2.37. The zero-order valence-electron chi connectivity index (χ0n) is 20.8. The number of tetrazole rings is 1. The second-order valence-corrected chi connectivity index (χ2v) is 9.55. The zero-order valence-corrected chi connectivity index (χ0v) is 20.8. The van der Waals surface area contributed by atoms with Gasteiger partial charge in [-0.15, -0.1) is 5.10 Å². The van der Waals surface area contributed by atoms with Gasteiger partial charge in [-0.25, -0.2) is 4.68 Å². The largest absolute Gasteiger partial charge is 0.497 e. The molecule has 1 saturated carbocycles. The summed E-state index contributed by atoms with van der Waals surface area (Å²) in [5, 5.41) is 13.0. The first kappa shape index (κ1) is 23.8. The molecule has 8 heteroatoms. The molecule has 1 aliphatic heterocycles. The van der Waals surface area contributed by atoms with Crippen LogP contribution in [0.3, 0.4) is 0 Å². The number of nitrogens with zero attached hydrogens (tertiary/aromatic N) is 6. The second-order valence-electron chi connectivity index (χ2n) is 9.55. The highest BCUT2D eigenvalue weighted by molar-refractivity contribution is 5.44. The molecule has 1 saturated heterocycles. The van der Waals surface area contributed by atoms with E-state index in [4.69, 9.17) is 9.47 Å². The molecule has 0 unspecified atom stereocenters. The Morgan fingerprint density at radius 3 is 2.40 bits per heavy atom. The van der Waals surface area contributed by atoms with E-state index in [0.29, 0.717) is 6.54 Å². The topological polar surface area (TPSA) is 68.5 Å². The normalized spacial score (nSPS) is 18.9. The summed E-state index contributed by atoms with van der Waals surface area (Å²) in [5.74, 6) is 2.44. The Morgan fingerprint density at radius 1 is 0.914 bits per heavy atom. The standard InChI is InChI=1S/C27H36N6O2/c1-34-23-13-14-25(35-2)24(19-23)26(27-28-29-30-33(27)20-21-9-5-3-6-10-21)32-17-15-31(16-18-32)22-11-7-4-8-12-22/h3,5-6,9-10,13-14,19,22,26H,4,7-8,11-12,15-18,20H2,1-2H3/t26-/m0/s1. The van der Waals surface area contributed by atoms with Crippen molar-refractivity contribution in [2.75, 3.05) is 40.4 Å². The van der Waals surface area contributed by atoms with Gasteiger partial charge in [0.2, 0.25) is 0 Å². The summed E-state index contributed by atoms with van der Waals surface area (Å²) in [6.45, 7) is 4.66. The van der Waals surface area contributed by atoms with Crippen molar-refractivity contribution in [3.63, 3.8) is 0 Å². The quantitative estimate of drug-likeness (QED) is 0.490. The molecule has 0 bridgehead atoms. The fourth-order valence-corrected chi connectivity index (χ4v) is 5.64. The van der Waals surface area contributed by atoms with Gasteiger partial charge in [0.15, 0.2) is 5.82 Å². The number of aromatic nitrogens is 4. The van der Waals surface area contributed by atoms with E-state index in [1.807, 2.05) is 35.0 Å². The van der Waals surface area contributed by atoms with Crippen LogP contribution in [0.25, 0.3) is 0 Å². The second kappa shape index (κ2) is 11.2. The van der Waals surface area contributed by atoms with E-state index in [1.165, 1.54) is 37.7 Å². The Kier molecular flexibility index (Phi) is 7.59. The monoisotopic (exact) mass is 476 g/mol. The summed E-state index contributed by atoms with van der Waals surface area (Å²) in [6, 6.07) is 16.9. The molecule has 2 heterocycles. The molecule has 1 atom stereocenters. The van der Waals surface area contributed by atoms with Crippen LogP contribution in [0.2, 0.25) is 0 Å². The molecule has 1 aliphatic carbocycles. The van der Waals surface area contributed by atoms with Gasteiger partial charge in [0, 0.05) is 37.8 Å². The van der Waals surface area contributed by atoms with E-state index in [2.05, 4.69) is 43.5 Å². The van der Waals surface area contributed by atoms with Crippen molar-refractivity contribution in [3.05, 3.63) is 65.5 Å². The Balaban J connectivity index is 1.47. The first-order chi connectivity index (χ1) is 17.3. The maximum absolute atomic E-state index is 5.82. The molecular formula is C27H36N6O2. The summed E-state index contributed by atoms with van der Waals surface area (Å²) in [5.41, 5.74) is 2.20. The molecule has 186 valence electrons. The number of rotatable bonds is 8. The highest BCUT2D eigenvalue weighted by Gasteiger charge is 2.34. The van der Waals surface area contributed by atoms with Crippen LogP contribution >= 0.6 is 0 Å². The number of methoxy groups -OCH3 is 2. The number of ether oxygens (including phenoxy) is 2. The van der Waals surface area contributed by atoms with Gasteiger partial charge >= 0.3 is 0 Å². The van der Waals surface area contributed by atoms with E-state index in [1.54, 1.807) is 14.2 Å². The third kappa shape index (κ3) is 5.33. The molecule has 0 radical (unpaired) electrons. The molecule has 0 N–H and O–H groups in total. The van der Waals surface area contributed by atoms with E-state index in [-0.39, 0.29) is 6.04 Å². The number of benzene rings is 2. The minimum atomic E-state index is -0.132. The lowest BCUT2D eigenvalue weighted by atomic mass is 9.93. The highest BCUT2D eigenvalue weighted by atomic mass is 16.5. The van der Waals surface area contributed by atoms with Crippen LogP contribution in [0.5, 0.6) is 11.5 Å². The maximum Gasteiger partial charge on any atom is 0.173 e. The molecule has 8 nitrogen and oxygen atoms in total. The summed E-state index contributed by atoms with van der Waals surface area (Å²) >= 11 is 0. The molecule has 2 aliphatic rings. The van der Waals surface area contributed by atoms with E-state index in [0.717, 1.165) is 55.1 Å². The molecule has 0 spiro atoms. The summed E-state index contributed by atoms with van der Waals surface area (Å²) in [4.78, 5) is 5.20. The van der Waals surface area contributed by atoms with E-state index < -0.39 is 0 Å². The minimum absolute atomic E-state index is 0.132. The van der Waals surface area contributed by atoms with E-state index in [9.17, 15) is 0 Å². The number of hydrogen-bond donors (Lipinski definition) is 0. The van der Waals surface area contributed by atoms with Crippen LogP contribution in [0.1, 0.15) is 55.1 Å². The van der Waals surface area contributed by atoms with Gasteiger partial charge in [-0.1, -0.05) is 49.6 Å². The summed E-state index contributed by atoms with van der Waals surface area (Å²) in [7, 11) is 3.42. The van der Waals surface area contributed by atoms with Crippen LogP contribution in [-0.2, 0) is 6.54 Å². The molecule has 0 amide bonds. The van der Waals surface area contributed by atoms with Crippen molar-refractivity contribution >= 4 is 0 Å². The molecule has 35 heavy (non-hydrogen) atoms. The van der Waals surface area contributed by atoms with Crippen LogP contribution in [0, 0.1) is 0 Å². The Hall–Kier alpha value is -2.97. The van der Waals surface area contributed by atoms with Crippen molar-refractivity contribution in [3.8, 4) is 11.5 Å². The van der Waals surface area contributed by atoms with Crippen molar-refractivity contribution in [2.24, 2.45) is 0 Å². The van der Waals surface area contributed by atoms with Gasteiger partial charge in [0.25, 0.3) is 0 Å². The van der Waals surface area contributed by atoms with Gasteiger partial charge < -0.3 is 9.47 Å². The third-order valence-corrected chi connectivity index (χ3v) is 7.52. The summed E-state index contributed by atoms with van der Waals surface area (Å²) < 4.78 is 13.3. The SMILES string of the molecule is COc1ccc(OC)c([C@@H](c2nnnn2Cc2ccccc2)N2CCN(C3CCCCC3)CC2)c1. The van der Waals surface area contributed by atoms with Crippen LogP contribution in [-0.4, -0.2) is 76.4 Å². The van der Waals surface area contributed by atoms with Crippen LogP contribution in [0.15, 0.2) is 48.5 Å². The molecule has 3 aromatic rings. The minimum Gasteiger partial charge on any atom is -0.497 e. The first-order valence-corrected chi connectivity index (χ1v) is 12.8. The van der Waals surface area contributed by atoms with Gasteiger partial charge in [0.05, 0.1) is 20.8 Å². The first-order valence-electron chi connectivity index (χ1n) is 12.8. The Labute approximate surface area is 207 Å². The average molecular weight is 477 g/mol. The van der Waals surface area contributed by atoms with Crippen LogP contribution in [0.4, 0.5) is 0 Å². The van der Waals surface area contributed by atoms with Gasteiger partial charge in [-0.3, -0.25) is 9.80 Å². The van der Waals surface area contributed by atoms with Gasteiger partial charge in [0.1, 0.15) is 17.5 Å². The van der Waals surface area contributed by atoms with E-state index >= 15 is 0 Å². The molecule has 2 fully saturated rings. The smallest absolute Gasteiger partial charge is 0.173 e. The average Bonchev–Trinajstić information content (AvgIpc) is 3.37. The lowest BCUT2D eigenvalue weighted by Gasteiger charge is -2.43. The summed E-state index contributed by atoms with van der Waals surface area (Å²) in [6.07, 6.45) is 6.79.